The predicted molar refractivity (Wildman–Crippen MR) is 113 cm³/mol. The van der Waals surface area contributed by atoms with Crippen LogP contribution in [0.5, 0.6) is 0 Å². The minimum atomic E-state index is -0.0964. The van der Waals surface area contributed by atoms with E-state index in [2.05, 4.69) is 31.2 Å². The van der Waals surface area contributed by atoms with Crippen LogP contribution in [0, 0.1) is 0 Å². The van der Waals surface area contributed by atoms with E-state index in [-0.39, 0.29) is 31.1 Å². The maximum absolute atomic E-state index is 12.3. The SMILES string of the molecule is CN(CC(=O)CC(=O)CN(C)C(=[Se])c1ccccc1)C(=[Se])c1ccccc1. The molecule has 2 aromatic rings. The van der Waals surface area contributed by atoms with Crippen LogP contribution in [0.3, 0.4) is 0 Å². The molecule has 0 atom stereocenters. The molecular formula is C21H22N2O2Se2. The van der Waals surface area contributed by atoms with Crippen molar-refractivity contribution in [3.8, 4) is 0 Å². The third-order valence-corrected chi connectivity index (χ3v) is 6.25. The maximum atomic E-state index is 12.3. The first-order valence-electron chi connectivity index (χ1n) is 8.53. The number of carbonyl (C=O) groups excluding carboxylic acids is 2. The predicted octanol–water partition coefficient (Wildman–Crippen LogP) is 1.07. The summed E-state index contributed by atoms with van der Waals surface area (Å²) < 4.78 is 1.77. The van der Waals surface area contributed by atoms with E-state index in [1.165, 1.54) is 0 Å². The molecule has 0 fully saturated rings. The third-order valence-electron chi connectivity index (χ3n) is 3.96. The van der Waals surface area contributed by atoms with Gasteiger partial charge in [0, 0.05) is 0 Å². The molecule has 6 heteroatoms. The van der Waals surface area contributed by atoms with Crippen LogP contribution >= 0.6 is 0 Å². The molecule has 0 bridgehead atoms. The zero-order chi connectivity index (χ0) is 19.8. The van der Waals surface area contributed by atoms with Gasteiger partial charge in [-0.1, -0.05) is 0 Å². The Bertz CT molecular complexity index is 753. The van der Waals surface area contributed by atoms with Gasteiger partial charge in [-0.3, -0.25) is 0 Å². The molecular weight excluding hydrogens is 470 g/mol. The zero-order valence-electron chi connectivity index (χ0n) is 15.4. The van der Waals surface area contributed by atoms with Crippen molar-refractivity contribution >= 4 is 51.8 Å². The van der Waals surface area contributed by atoms with E-state index in [9.17, 15) is 9.59 Å². The average Bonchev–Trinajstić information content (AvgIpc) is 2.67. The molecule has 0 amide bonds. The van der Waals surface area contributed by atoms with E-state index < -0.39 is 0 Å². The summed E-state index contributed by atoms with van der Waals surface area (Å²) in [7, 11) is 3.69. The Kier molecular flexibility index (Phi) is 8.33. The number of hydrogen-bond donors (Lipinski definition) is 0. The molecule has 140 valence electrons. The summed E-state index contributed by atoms with van der Waals surface area (Å²) in [4.78, 5) is 28.3. The Hall–Kier alpha value is -1.84. The number of rotatable bonds is 10. The van der Waals surface area contributed by atoms with E-state index in [0.717, 1.165) is 20.2 Å². The fraction of sp³-hybridized carbons (Fsp3) is 0.238. The van der Waals surface area contributed by atoms with Crippen molar-refractivity contribution in [2.24, 2.45) is 0 Å². The van der Waals surface area contributed by atoms with Crippen LogP contribution < -0.4 is 0 Å². The average molecular weight is 492 g/mol. The Balaban J connectivity index is 1.83. The van der Waals surface area contributed by atoms with Crippen LogP contribution in [-0.4, -0.2) is 88.8 Å². The molecule has 0 N–H and O–H groups in total. The molecule has 0 unspecified atom stereocenters. The van der Waals surface area contributed by atoms with Crippen LogP contribution in [0.25, 0.3) is 0 Å². The molecule has 0 aliphatic heterocycles. The number of likely N-dealkylation sites (N-methyl/N-ethyl adjacent to an activating group) is 2. The molecule has 0 aliphatic carbocycles. The summed E-state index contributed by atoms with van der Waals surface area (Å²) in [6, 6.07) is 19.6. The second kappa shape index (κ2) is 10.5. The van der Waals surface area contributed by atoms with Crippen molar-refractivity contribution in [1.82, 2.24) is 9.80 Å². The molecule has 0 saturated heterocycles. The summed E-state index contributed by atoms with van der Waals surface area (Å²) in [5.74, 6) is -0.193. The van der Waals surface area contributed by atoms with E-state index in [0.29, 0.717) is 0 Å². The number of carbonyl (C=O) groups is 2. The molecule has 0 spiro atoms. The normalized spacial score (nSPS) is 10.1. The second-order valence-corrected chi connectivity index (χ2v) is 7.93. The first-order chi connectivity index (χ1) is 12.9. The third kappa shape index (κ3) is 6.67. The number of ketones is 2. The van der Waals surface area contributed by atoms with Gasteiger partial charge < -0.3 is 0 Å². The Morgan fingerprint density at radius 1 is 0.704 bits per heavy atom. The molecule has 27 heavy (non-hydrogen) atoms. The van der Waals surface area contributed by atoms with Gasteiger partial charge in [-0.15, -0.1) is 0 Å². The summed E-state index contributed by atoms with van der Waals surface area (Å²) in [6.45, 7) is 0.389. The Morgan fingerprint density at radius 2 is 1.04 bits per heavy atom. The first-order valence-corrected chi connectivity index (χ1v) is 10.2. The Labute approximate surface area is 176 Å². The molecule has 2 aromatic carbocycles. The van der Waals surface area contributed by atoms with Gasteiger partial charge in [0.05, 0.1) is 0 Å². The number of hydrogen-bond acceptors (Lipinski definition) is 4. The van der Waals surface area contributed by atoms with Gasteiger partial charge in [0.15, 0.2) is 0 Å². The summed E-state index contributed by atoms with van der Waals surface area (Å²) in [5.41, 5.74) is 2.03. The molecule has 0 aliphatic rings. The van der Waals surface area contributed by atoms with Crippen LogP contribution in [0.15, 0.2) is 60.7 Å². The minimum absolute atomic E-state index is 0.0706. The fourth-order valence-electron chi connectivity index (χ4n) is 2.61. The Morgan fingerprint density at radius 3 is 1.37 bits per heavy atom. The van der Waals surface area contributed by atoms with Gasteiger partial charge in [-0.25, -0.2) is 0 Å². The summed E-state index contributed by atoms with van der Waals surface area (Å²) >= 11 is 6.01. The quantitative estimate of drug-likeness (QED) is 0.368. The van der Waals surface area contributed by atoms with E-state index in [1.807, 2.05) is 84.6 Å². The van der Waals surface area contributed by atoms with E-state index in [4.69, 9.17) is 0 Å². The van der Waals surface area contributed by atoms with Crippen molar-refractivity contribution in [1.29, 1.82) is 0 Å². The van der Waals surface area contributed by atoms with Crippen LogP contribution in [0.2, 0.25) is 0 Å². The molecule has 4 nitrogen and oxygen atoms in total. The summed E-state index contributed by atoms with van der Waals surface area (Å²) in [6.07, 6.45) is -0.0706. The van der Waals surface area contributed by atoms with Gasteiger partial charge in [0.1, 0.15) is 0 Å². The topological polar surface area (TPSA) is 40.6 Å². The number of benzene rings is 2. The monoisotopic (exact) mass is 494 g/mol. The van der Waals surface area contributed by atoms with Gasteiger partial charge >= 0.3 is 177 Å². The van der Waals surface area contributed by atoms with Crippen molar-refractivity contribution in [2.75, 3.05) is 27.2 Å². The number of nitrogens with zero attached hydrogens (tertiary/aromatic N) is 2. The van der Waals surface area contributed by atoms with Crippen molar-refractivity contribution in [2.45, 2.75) is 6.42 Å². The molecule has 0 saturated carbocycles. The molecule has 2 rings (SSSR count). The van der Waals surface area contributed by atoms with Gasteiger partial charge in [0.2, 0.25) is 0 Å². The number of Topliss-reactive ketones (excluding diaryl/α,β-unsaturated/α-hetero) is 2. The molecule has 0 heterocycles. The fourth-order valence-corrected chi connectivity index (χ4v) is 3.45. The van der Waals surface area contributed by atoms with Crippen LogP contribution in [0.4, 0.5) is 0 Å². The second-order valence-electron chi connectivity index (χ2n) is 6.31. The van der Waals surface area contributed by atoms with Gasteiger partial charge in [0.25, 0.3) is 0 Å². The van der Waals surface area contributed by atoms with Crippen molar-refractivity contribution in [3.63, 3.8) is 0 Å². The molecule has 0 radical (unpaired) electrons. The summed E-state index contributed by atoms with van der Waals surface area (Å²) in [5, 5.41) is 0. The van der Waals surface area contributed by atoms with Crippen LogP contribution in [0.1, 0.15) is 17.5 Å². The van der Waals surface area contributed by atoms with Crippen molar-refractivity contribution in [3.05, 3.63) is 71.8 Å². The first kappa shape index (κ1) is 21.5. The van der Waals surface area contributed by atoms with Gasteiger partial charge in [-0.2, -0.15) is 0 Å². The van der Waals surface area contributed by atoms with Gasteiger partial charge in [-0.05, 0) is 0 Å². The molecule has 0 aromatic heterocycles. The van der Waals surface area contributed by atoms with E-state index in [1.54, 1.807) is 0 Å². The van der Waals surface area contributed by atoms with Crippen molar-refractivity contribution < 1.29 is 9.59 Å². The van der Waals surface area contributed by atoms with Crippen LogP contribution in [-0.2, 0) is 9.59 Å². The zero-order valence-corrected chi connectivity index (χ0v) is 18.8. The standard InChI is InChI=1S/C21H22N2O2Se2/c1-22(20(26)16-9-5-3-6-10-16)14-18(24)13-19(25)15-23(2)21(27)17-11-7-4-8-12-17/h3-12H,13-15H2,1-2H3. The van der Waals surface area contributed by atoms with E-state index >= 15 is 0 Å².